The fourth-order valence-electron chi connectivity index (χ4n) is 5.05. The van der Waals surface area contributed by atoms with Crippen LogP contribution >= 0.6 is 11.6 Å². The fourth-order valence-corrected chi connectivity index (χ4v) is 5.27. The first-order valence-corrected chi connectivity index (χ1v) is 12.2. The minimum absolute atomic E-state index is 0.124. The molecule has 1 fully saturated rings. The number of aromatic nitrogens is 2. The second-order valence-corrected chi connectivity index (χ2v) is 9.63. The zero-order chi connectivity index (χ0) is 23.5. The minimum Gasteiger partial charge on any atom is -0.369 e. The second kappa shape index (κ2) is 10.1. The van der Waals surface area contributed by atoms with Crippen molar-refractivity contribution in [3.8, 4) is 0 Å². The molecule has 0 bridgehead atoms. The molecule has 2 heterocycles. The molecule has 4 rings (SSSR count). The maximum atomic E-state index is 13.1. The van der Waals surface area contributed by atoms with Gasteiger partial charge in [-0.1, -0.05) is 17.7 Å². The number of nitrogens with zero attached hydrogens (tertiary/aromatic N) is 4. The van der Waals surface area contributed by atoms with E-state index in [-0.39, 0.29) is 5.91 Å². The molecule has 0 aliphatic heterocycles. The lowest BCUT2D eigenvalue weighted by molar-refractivity contribution is 0.0949. The van der Waals surface area contributed by atoms with E-state index in [1.54, 1.807) is 6.07 Å². The highest BCUT2D eigenvalue weighted by atomic mass is 35.5. The van der Waals surface area contributed by atoms with Gasteiger partial charge in [-0.15, -0.1) is 0 Å². The van der Waals surface area contributed by atoms with Gasteiger partial charge in [0.15, 0.2) is 0 Å². The van der Waals surface area contributed by atoms with E-state index in [1.807, 2.05) is 48.0 Å². The van der Waals surface area contributed by atoms with Gasteiger partial charge in [-0.25, -0.2) is 4.52 Å². The van der Waals surface area contributed by atoms with Crippen LogP contribution in [-0.4, -0.2) is 53.1 Å². The Morgan fingerprint density at radius 2 is 1.88 bits per heavy atom. The number of hydrogen-bond acceptors (Lipinski definition) is 4. The molecule has 6 nitrogen and oxygen atoms in total. The monoisotopic (exact) mass is 467 g/mol. The molecule has 0 spiro atoms. The van der Waals surface area contributed by atoms with Crippen molar-refractivity contribution in [2.24, 2.45) is 0 Å². The predicted octanol–water partition coefficient (Wildman–Crippen LogP) is 4.93. The molecular weight excluding hydrogens is 434 g/mol. The van der Waals surface area contributed by atoms with Crippen LogP contribution in [0.3, 0.4) is 0 Å². The third kappa shape index (κ3) is 5.17. The fraction of sp³-hybridized carbons (Fsp3) is 0.462. The summed E-state index contributed by atoms with van der Waals surface area (Å²) in [4.78, 5) is 17.9. The number of anilines is 1. The molecule has 1 aromatic carbocycles. The lowest BCUT2D eigenvalue weighted by atomic mass is 9.89. The van der Waals surface area contributed by atoms with Gasteiger partial charge in [-0.05, 0) is 89.5 Å². The summed E-state index contributed by atoms with van der Waals surface area (Å²) in [5, 5.41) is 8.14. The minimum atomic E-state index is -0.124. The van der Waals surface area contributed by atoms with Crippen molar-refractivity contribution in [1.29, 1.82) is 0 Å². The summed E-state index contributed by atoms with van der Waals surface area (Å²) in [5.41, 5.74) is 4.49. The molecule has 176 valence electrons. The highest BCUT2D eigenvalue weighted by Crippen LogP contribution is 2.34. The molecule has 1 aliphatic rings. The molecule has 1 amide bonds. The SMILES string of the molecule is CCN(c1cc(Cl)cc(C(=O)NCc2cc3ccccn3n2)c1C)C1CCC(N(C)C)CC1. The zero-order valence-electron chi connectivity index (χ0n) is 20.0. The molecule has 33 heavy (non-hydrogen) atoms. The molecule has 3 aromatic rings. The molecule has 1 N–H and O–H groups in total. The van der Waals surface area contributed by atoms with Gasteiger partial charge in [0, 0.05) is 41.1 Å². The van der Waals surface area contributed by atoms with Crippen molar-refractivity contribution in [1.82, 2.24) is 19.8 Å². The van der Waals surface area contributed by atoms with Crippen LogP contribution in [0.4, 0.5) is 5.69 Å². The lowest BCUT2D eigenvalue weighted by Crippen LogP contribution is -2.42. The van der Waals surface area contributed by atoms with Gasteiger partial charge in [0.1, 0.15) is 0 Å². The molecular formula is C26H34ClN5O. The summed E-state index contributed by atoms with van der Waals surface area (Å²) in [6, 6.07) is 12.8. The van der Waals surface area contributed by atoms with Gasteiger partial charge in [-0.2, -0.15) is 5.10 Å². The van der Waals surface area contributed by atoms with E-state index in [2.05, 4.69) is 41.2 Å². The van der Waals surface area contributed by atoms with Crippen molar-refractivity contribution in [2.45, 2.75) is 58.2 Å². The number of fused-ring (bicyclic) bond motifs is 1. The van der Waals surface area contributed by atoms with E-state index < -0.39 is 0 Å². The summed E-state index contributed by atoms with van der Waals surface area (Å²) >= 11 is 6.51. The first-order chi connectivity index (χ1) is 15.9. The van der Waals surface area contributed by atoms with E-state index in [0.717, 1.165) is 41.8 Å². The number of pyridine rings is 1. The van der Waals surface area contributed by atoms with Gasteiger partial charge in [0.05, 0.1) is 17.8 Å². The van der Waals surface area contributed by atoms with Crippen LogP contribution in [0.1, 0.15) is 54.2 Å². The van der Waals surface area contributed by atoms with Gasteiger partial charge in [0.25, 0.3) is 5.91 Å². The number of hydrogen-bond donors (Lipinski definition) is 1. The molecule has 0 atom stereocenters. The van der Waals surface area contributed by atoms with Crippen LogP contribution in [0, 0.1) is 6.92 Å². The third-order valence-electron chi connectivity index (χ3n) is 6.93. The Morgan fingerprint density at radius 1 is 1.15 bits per heavy atom. The number of amides is 1. The van der Waals surface area contributed by atoms with E-state index in [0.29, 0.717) is 29.2 Å². The smallest absolute Gasteiger partial charge is 0.251 e. The molecule has 7 heteroatoms. The Balaban J connectivity index is 1.51. The first-order valence-electron chi connectivity index (χ1n) is 11.8. The number of carbonyl (C=O) groups excluding carboxylic acids is 1. The summed E-state index contributed by atoms with van der Waals surface area (Å²) in [5.74, 6) is -0.124. The zero-order valence-corrected chi connectivity index (χ0v) is 20.8. The Hall–Kier alpha value is -2.57. The molecule has 1 saturated carbocycles. The number of rotatable bonds is 7. The van der Waals surface area contributed by atoms with Crippen LogP contribution in [0.2, 0.25) is 5.02 Å². The van der Waals surface area contributed by atoms with Crippen molar-refractivity contribution >= 4 is 28.7 Å². The van der Waals surface area contributed by atoms with Gasteiger partial charge >= 0.3 is 0 Å². The summed E-state index contributed by atoms with van der Waals surface area (Å²) in [6.07, 6.45) is 6.59. The summed E-state index contributed by atoms with van der Waals surface area (Å²) in [6.45, 7) is 5.47. The van der Waals surface area contributed by atoms with Crippen LogP contribution in [0.15, 0.2) is 42.6 Å². The molecule has 1 aliphatic carbocycles. The molecule has 2 aromatic heterocycles. The highest BCUT2D eigenvalue weighted by molar-refractivity contribution is 6.31. The standard InChI is InChI=1S/C26H34ClN5O/c1-5-31(22-11-9-21(10-12-22)30(3)4)25-15-19(27)14-24(18(25)2)26(33)28-17-20-16-23-8-6-7-13-32(23)29-20/h6-8,13-16,21-22H,5,9-12,17H2,1-4H3,(H,28,33). The third-order valence-corrected chi connectivity index (χ3v) is 7.15. The lowest BCUT2D eigenvalue weighted by Gasteiger charge is -2.40. The first kappa shape index (κ1) is 23.6. The van der Waals surface area contributed by atoms with Gasteiger partial charge in [0.2, 0.25) is 0 Å². The quantitative estimate of drug-likeness (QED) is 0.535. The Morgan fingerprint density at radius 3 is 2.55 bits per heavy atom. The molecule has 0 radical (unpaired) electrons. The molecule has 0 unspecified atom stereocenters. The average molecular weight is 468 g/mol. The number of benzene rings is 1. The Kier molecular flexibility index (Phi) is 7.25. The Labute approximate surface area is 201 Å². The number of carbonyl (C=O) groups is 1. The van der Waals surface area contributed by atoms with Crippen molar-refractivity contribution in [3.63, 3.8) is 0 Å². The maximum absolute atomic E-state index is 13.1. The van der Waals surface area contributed by atoms with Crippen molar-refractivity contribution in [2.75, 3.05) is 25.5 Å². The van der Waals surface area contributed by atoms with Crippen LogP contribution in [0.25, 0.3) is 5.52 Å². The Bertz CT molecular complexity index is 1080. The van der Waals surface area contributed by atoms with E-state index >= 15 is 0 Å². The number of halogens is 1. The predicted molar refractivity (Wildman–Crippen MR) is 135 cm³/mol. The van der Waals surface area contributed by atoms with Crippen molar-refractivity contribution in [3.05, 3.63) is 64.4 Å². The van der Waals surface area contributed by atoms with E-state index in [1.165, 1.54) is 12.8 Å². The van der Waals surface area contributed by atoms with Gasteiger partial charge < -0.3 is 15.1 Å². The summed E-state index contributed by atoms with van der Waals surface area (Å²) in [7, 11) is 4.34. The average Bonchev–Trinajstić information content (AvgIpc) is 3.23. The largest absolute Gasteiger partial charge is 0.369 e. The maximum Gasteiger partial charge on any atom is 0.251 e. The van der Waals surface area contributed by atoms with Crippen LogP contribution in [-0.2, 0) is 6.54 Å². The van der Waals surface area contributed by atoms with E-state index in [9.17, 15) is 4.79 Å². The van der Waals surface area contributed by atoms with Crippen LogP contribution in [0.5, 0.6) is 0 Å². The summed E-state index contributed by atoms with van der Waals surface area (Å²) < 4.78 is 1.81. The highest BCUT2D eigenvalue weighted by Gasteiger charge is 2.28. The van der Waals surface area contributed by atoms with Crippen molar-refractivity contribution < 1.29 is 4.79 Å². The molecule has 0 saturated heterocycles. The normalized spacial score (nSPS) is 18.6. The van der Waals surface area contributed by atoms with Crippen LogP contribution < -0.4 is 10.2 Å². The van der Waals surface area contributed by atoms with E-state index in [4.69, 9.17) is 11.6 Å². The van der Waals surface area contributed by atoms with Gasteiger partial charge in [-0.3, -0.25) is 4.79 Å². The topological polar surface area (TPSA) is 52.9 Å². The number of nitrogens with one attached hydrogen (secondary N) is 1. The second-order valence-electron chi connectivity index (χ2n) is 9.20.